The third-order valence-electron chi connectivity index (χ3n) is 4.44. The van der Waals surface area contributed by atoms with E-state index in [0.717, 1.165) is 30.1 Å². The van der Waals surface area contributed by atoms with Crippen LogP contribution in [0, 0.1) is 0 Å². The van der Waals surface area contributed by atoms with Gasteiger partial charge in [-0.2, -0.15) is 4.52 Å². The van der Waals surface area contributed by atoms with Gasteiger partial charge < -0.3 is 10.0 Å². The first-order valence-electron chi connectivity index (χ1n) is 7.55. The van der Waals surface area contributed by atoms with Crippen LogP contribution in [0.2, 0.25) is 5.02 Å². The molecule has 0 amide bonds. The number of aliphatic hydroxyl groups is 1. The smallest absolute Gasteiger partial charge is 0.177 e. The van der Waals surface area contributed by atoms with Gasteiger partial charge in [0.1, 0.15) is 12.1 Å². The van der Waals surface area contributed by atoms with Crippen LogP contribution >= 0.6 is 11.6 Å². The lowest BCUT2D eigenvalue weighted by molar-refractivity contribution is 0.0116. The molecule has 0 bridgehead atoms. The lowest BCUT2D eigenvalue weighted by Crippen LogP contribution is -2.43. The fourth-order valence-electron chi connectivity index (χ4n) is 3.04. The number of halogens is 1. The summed E-state index contributed by atoms with van der Waals surface area (Å²) >= 11 is 5.93. The molecule has 1 fully saturated rings. The Labute approximate surface area is 138 Å². The Morgan fingerprint density at radius 1 is 1.04 bits per heavy atom. The fraction of sp³-hybridized carbons (Fsp3) is 0.312. The normalized spacial score (nSPS) is 17.6. The molecular formula is C16H16ClN5O. The second-order valence-corrected chi connectivity index (χ2v) is 6.29. The van der Waals surface area contributed by atoms with Gasteiger partial charge in [0, 0.05) is 18.1 Å². The highest BCUT2D eigenvalue weighted by molar-refractivity contribution is 6.30. The minimum absolute atomic E-state index is 0.649. The van der Waals surface area contributed by atoms with E-state index in [4.69, 9.17) is 11.6 Å². The number of nitrogens with zero attached hydrogens (tertiary/aromatic N) is 5. The molecule has 1 aliphatic heterocycles. The van der Waals surface area contributed by atoms with E-state index >= 15 is 0 Å². The van der Waals surface area contributed by atoms with E-state index in [1.165, 1.54) is 0 Å². The maximum atomic E-state index is 10.9. The molecule has 0 aliphatic carbocycles. The van der Waals surface area contributed by atoms with Gasteiger partial charge in [-0.3, -0.25) is 0 Å². The maximum Gasteiger partial charge on any atom is 0.177 e. The molecule has 1 saturated heterocycles. The number of anilines is 1. The van der Waals surface area contributed by atoms with Crippen molar-refractivity contribution < 1.29 is 5.11 Å². The van der Waals surface area contributed by atoms with E-state index in [-0.39, 0.29) is 0 Å². The summed E-state index contributed by atoms with van der Waals surface area (Å²) in [5.74, 6) is 0.871. The van der Waals surface area contributed by atoms with Crippen LogP contribution in [0.15, 0.2) is 42.7 Å². The lowest BCUT2D eigenvalue weighted by atomic mass is 9.84. The van der Waals surface area contributed by atoms with E-state index in [9.17, 15) is 5.11 Å². The second kappa shape index (κ2) is 5.47. The standard InChI is InChI=1S/C16H16ClN5O/c17-13-3-1-12(2-4-13)16(23)7-9-21(10-8-16)15-6-5-14-19-18-11-22(14)20-15/h1-6,11,23H,7-10H2. The molecule has 7 heteroatoms. The zero-order valence-electron chi connectivity index (χ0n) is 12.4. The maximum absolute atomic E-state index is 10.9. The molecule has 0 saturated carbocycles. The van der Waals surface area contributed by atoms with Gasteiger partial charge in [0.15, 0.2) is 5.65 Å². The minimum atomic E-state index is -0.804. The monoisotopic (exact) mass is 329 g/mol. The SMILES string of the molecule is OC1(c2ccc(Cl)cc2)CCN(c2ccc3nncn3n2)CC1. The molecule has 2 aromatic heterocycles. The Balaban J connectivity index is 1.52. The van der Waals surface area contributed by atoms with Crippen LogP contribution in [0.3, 0.4) is 0 Å². The fourth-order valence-corrected chi connectivity index (χ4v) is 3.17. The summed E-state index contributed by atoms with van der Waals surface area (Å²) in [6, 6.07) is 11.3. The number of piperidine rings is 1. The predicted octanol–water partition coefficient (Wildman–Crippen LogP) is 2.27. The van der Waals surface area contributed by atoms with Crippen molar-refractivity contribution in [1.82, 2.24) is 19.8 Å². The Morgan fingerprint density at radius 3 is 2.52 bits per heavy atom. The molecule has 0 atom stereocenters. The molecule has 1 N–H and O–H groups in total. The van der Waals surface area contributed by atoms with Crippen molar-refractivity contribution in [2.45, 2.75) is 18.4 Å². The molecule has 3 aromatic rings. The first-order chi connectivity index (χ1) is 11.1. The predicted molar refractivity (Wildman–Crippen MR) is 87.6 cm³/mol. The van der Waals surface area contributed by atoms with Gasteiger partial charge in [-0.15, -0.1) is 15.3 Å². The van der Waals surface area contributed by atoms with Gasteiger partial charge in [0.25, 0.3) is 0 Å². The average molecular weight is 330 g/mol. The summed E-state index contributed by atoms with van der Waals surface area (Å²) in [4.78, 5) is 2.17. The number of fused-ring (bicyclic) bond motifs is 1. The van der Waals surface area contributed by atoms with Gasteiger partial charge in [0.05, 0.1) is 5.60 Å². The number of hydrogen-bond donors (Lipinski definition) is 1. The molecule has 23 heavy (non-hydrogen) atoms. The molecule has 4 rings (SSSR count). The summed E-state index contributed by atoms with van der Waals surface area (Å²) in [5, 5.41) is 23.9. The van der Waals surface area contributed by atoms with Gasteiger partial charge in [-0.05, 0) is 42.7 Å². The van der Waals surface area contributed by atoms with Crippen LogP contribution in [-0.2, 0) is 5.60 Å². The van der Waals surface area contributed by atoms with Crippen LogP contribution in [0.1, 0.15) is 18.4 Å². The zero-order valence-corrected chi connectivity index (χ0v) is 13.2. The van der Waals surface area contributed by atoms with E-state index in [1.54, 1.807) is 10.8 Å². The van der Waals surface area contributed by atoms with Crippen LogP contribution < -0.4 is 4.90 Å². The molecular weight excluding hydrogens is 314 g/mol. The highest BCUT2D eigenvalue weighted by Gasteiger charge is 2.34. The summed E-state index contributed by atoms with van der Waals surface area (Å²) < 4.78 is 1.66. The van der Waals surface area contributed by atoms with Crippen LogP contribution in [0.25, 0.3) is 5.65 Å². The molecule has 6 nitrogen and oxygen atoms in total. The summed E-state index contributed by atoms with van der Waals surface area (Å²) in [6.45, 7) is 1.47. The van der Waals surface area contributed by atoms with Crippen LogP contribution in [0.4, 0.5) is 5.82 Å². The first kappa shape index (κ1) is 14.4. The second-order valence-electron chi connectivity index (χ2n) is 5.85. The largest absolute Gasteiger partial charge is 0.385 e. The van der Waals surface area contributed by atoms with Crippen molar-refractivity contribution in [3.8, 4) is 0 Å². The molecule has 1 aliphatic rings. The highest BCUT2D eigenvalue weighted by atomic mass is 35.5. The van der Waals surface area contributed by atoms with E-state index in [1.807, 2.05) is 36.4 Å². The Kier molecular flexibility index (Phi) is 3.43. The Bertz CT molecular complexity index is 824. The number of benzene rings is 1. The summed E-state index contributed by atoms with van der Waals surface area (Å²) in [6.07, 6.45) is 2.89. The Morgan fingerprint density at radius 2 is 1.78 bits per heavy atom. The molecule has 0 unspecified atom stereocenters. The van der Waals surface area contributed by atoms with E-state index in [0.29, 0.717) is 17.9 Å². The van der Waals surface area contributed by atoms with Crippen molar-refractivity contribution >= 4 is 23.1 Å². The van der Waals surface area contributed by atoms with Crippen LogP contribution in [-0.4, -0.2) is 38.0 Å². The molecule has 3 heterocycles. The highest BCUT2D eigenvalue weighted by Crippen LogP contribution is 2.34. The number of hydrogen-bond acceptors (Lipinski definition) is 5. The molecule has 1 aromatic carbocycles. The minimum Gasteiger partial charge on any atom is -0.385 e. The number of aromatic nitrogens is 4. The number of rotatable bonds is 2. The molecule has 0 radical (unpaired) electrons. The quantitative estimate of drug-likeness (QED) is 0.781. The van der Waals surface area contributed by atoms with Crippen molar-refractivity contribution in [2.24, 2.45) is 0 Å². The first-order valence-corrected chi connectivity index (χ1v) is 7.92. The topological polar surface area (TPSA) is 66.5 Å². The van der Waals surface area contributed by atoms with Crippen molar-refractivity contribution in [3.05, 3.63) is 53.3 Å². The average Bonchev–Trinajstić information content (AvgIpc) is 3.03. The van der Waals surface area contributed by atoms with E-state index in [2.05, 4.69) is 20.2 Å². The van der Waals surface area contributed by atoms with Crippen molar-refractivity contribution in [1.29, 1.82) is 0 Å². The van der Waals surface area contributed by atoms with Crippen LogP contribution in [0.5, 0.6) is 0 Å². The lowest BCUT2D eigenvalue weighted by Gasteiger charge is -2.39. The molecule has 0 spiro atoms. The van der Waals surface area contributed by atoms with Crippen molar-refractivity contribution in [3.63, 3.8) is 0 Å². The summed E-state index contributed by atoms with van der Waals surface area (Å²) in [5.41, 5.74) is 0.842. The van der Waals surface area contributed by atoms with E-state index < -0.39 is 5.60 Å². The zero-order chi connectivity index (χ0) is 15.9. The van der Waals surface area contributed by atoms with Crippen molar-refractivity contribution in [2.75, 3.05) is 18.0 Å². The third-order valence-corrected chi connectivity index (χ3v) is 4.70. The van der Waals surface area contributed by atoms with Gasteiger partial charge in [-0.1, -0.05) is 23.7 Å². The van der Waals surface area contributed by atoms with Gasteiger partial charge in [0.2, 0.25) is 0 Å². The Hall–Kier alpha value is -2.18. The molecule has 118 valence electrons. The van der Waals surface area contributed by atoms with Gasteiger partial charge >= 0.3 is 0 Å². The third kappa shape index (κ3) is 2.64. The summed E-state index contributed by atoms with van der Waals surface area (Å²) in [7, 11) is 0. The van der Waals surface area contributed by atoms with Gasteiger partial charge in [-0.25, -0.2) is 0 Å².